The number of benzene rings is 2. The predicted octanol–water partition coefficient (Wildman–Crippen LogP) is 5.09. The van der Waals surface area contributed by atoms with Crippen molar-refractivity contribution in [3.05, 3.63) is 69.8 Å². The monoisotopic (exact) mass is 320 g/mol. The van der Waals surface area contributed by atoms with Crippen molar-refractivity contribution in [2.75, 3.05) is 5.32 Å². The highest BCUT2D eigenvalue weighted by Gasteiger charge is 2.03. The molecule has 2 rings (SSSR count). The van der Waals surface area contributed by atoms with Crippen LogP contribution >= 0.6 is 23.2 Å². The van der Waals surface area contributed by atoms with Crippen LogP contribution in [0.4, 0.5) is 10.5 Å². The fourth-order valence-electron chi connectivity index (χ4n) is 1.70. The first kappa shape index (κ1) is 15.4. The van der Waals surface area contributed by atoms with Crippen molar-refractivity contribution in [3.8, 4) is 0 Å². The molecule has 0 aliphatic rings. The molecule has 2 aromatic rings. The van der Waals surface area contributed by atoms with Gasteiger partial charge in [-0.15, -0.1) is 0 Å². The van der Waals surface area contributed by atoms with Gasteiger partial charge in [0, 0.05) is 21.9 Å². The second-order valence-electron chi connectivity index (χ2n) is 4.41. The summed E-state index contributed by atoms with van der Waals surface area (Å²) in [5, 5.41) is 6.55. The summed E-state index contributed by atoms with van der Waals surface area (Å²) in [7, 11) is 0. The summed E-state index contributed by atoms with van der Waals surface area (Å²) < 4.78 is 0. The molecule has 0 spiro atoms. The zero-order valence-electron chi connectivity index (χ0n) is 11.4. The van der Waals surface area contributed by atoms with Crippen LogP contribution in [0.15, 0.2) is 48.7 Å². The first-order valence-electron chi connectivity index (χ1n) is 6.31. The zero-order valence-corrected chi connectivity index (χ0v) is 12.9. The van der Waals surface area contributed by atoms with Gasteiger partial charge in [0.25, 0.3) is 0 Å². The lowest BCUT2D eigenvalue weighted by molar-refractivity contribution is 0.255. The number of urea groups is 1. The molecule has 0 aliphatic heterocycles. The van der Waals surface area contributed by atoms with E-state index in [1.54, 1.807) is 24.3 Å². The highest BCUT2D eigenvalue weighted by molar-refractivity contribution is 6.32. The van der Waals surface area contributed by atoms with E-state index in [2.05, 4.69) is 10.6 Å². The fraction of sp³-hybridized carbons (Fsp3) is 0.0625. The van der Waals surface area contributed by atoms with E-state index in [4.69, 9.17) is 23.2 Å². The largest absolute Gasteiger partial charge is 0.323 e. The number of carbonyl (C=O) groups excluding carboxylic acids is 1. The van der Waals surface area contributed by atoms with E-state index < -0.39 is 0 Å². The molecule has 0 aromatic heterocycles. The summed E-state index contributed by atoms with van der Waals surface area (Å²) in [5.41, 5.74) is 2.44. The average molecular weight is 321 g/mol. The fourth-order valence-corrected chi connectivity index (χ4v) is 2.08. The number of anilines is 1. The molecule has 2 amide bonds. The van der Waals surface area contributed by atoms with Gasteiger partial charge in [0.15, 0.2) is 0 Å². The normalized spacial score (nSPS) is 10.6. The molecule has 108 valence electrons. The van der Waals surface area contributed by atoms with Crippen LogP contribution < -0.4 is 10.6 Å². The molecule has 0 saturated carbocycles. The van der Waals surface area contributed by atoms with Gasteiger partial charge < -0.3 is 10.6 Å². The molecule has 0 heterocycles. The molecule has 2 aromatic carbocycles. The molecule has 5 heteroatoms. The van der Waals surface area contributed by atoms with Gasteiger partial charge in [-0.25, -0.2) is 4.79 Å². The summed E-state index contributed by atoms with van der Waals surface area (Å²) >= 11 is 11.9. The van der Waals surface area contributed by atoms with E-state index in [-0.39, 0.29) is 6.03 Å². The standard InChI is InChI=1S/C16H14Cl2N2O/c1-11-6-7-13(17)10-15(11)20-16(21)19-9-8-12-4-2-3-5-14(12)18/h2-10H,1H3,(H2,19,20,21)/b9-8+. The Balaban J connectivity index is 1.96. The van der Waals surface area contributed by atoms with Gasteiger partial charge in [-0.2, -0.15) is 0 Å². The second-order valence-corrected chi connectivity index (χ2v) is 5.26. The van der Waals surface area contributed by atoms with Crippen LogP contribution in [-0.4, -0.2) is 6.03 Å². The van der Waals surface area contributed by atoms with Crippen LogP contribution in [0.1, 0.15) is 11.1 Å². The van der Waals surface area contributed by atoms with Crippen LogP contribution in [0, 0.1) is 6.92 Å². The minimum absolute atomic E-state index is 0.344. The van der Waals surface area contributed by atoms with Crippen molar-refractivity contribution in [1.82, 2.24) is 5.32 Å². The summed E-state index contributed by atoms with van der Waals surface area (Å²) in [6.45, 7) is 1.89. The van der Waals surface area contributed by atoms with E-state index in [0.717, 1.165) is 11.1 Å². The minimum Gasteiger partial charge on any atom is -0.314 e. The number of carbonyl (C=O) groups is 1. The molecule has 0 aliphatic carbocycles. The smallest absolute Gasteiger partial charge is 0.314 e. The summed E-state index contributed by atoms with van der Waals surface area (Å²) in [5.74, 6) is 0. The zero-order chi connectivity index (χ0) is 15.2. The Bertz CT molecular complexity index is 684. The van der Waals surface area contributed by atoms with Gasteiger partial charge in [-0.05, 0) is 42.3 Å². The lowest BCUT2D eigenvalue weighted by Gasteiger charge is -2.08. The van der Waals surface area contributed by atoms with Crippen LogP contribution in [0.2, 0.25) is 10.0 Å². The van der Waals surface area contributed by atoms with Gasteiger partial charge in [0.2, 0.25) is 0 Å². The number of nitrogens with one attached hydrogen (secondary N) is 2. The Morgan fingerprint density at radius 1 is 1.14 bits per heavy atom. The Hall–Kier alpha value is -1.97. The molecule has 0 fully saturated rings. The SMILES string of the molecule is Cc1ccc(Cl)cc1NC(=O)N/C=C/c1ccccc1Cl. The molecule has 2 N–H and O–H groups in total. The molecule has 0 atom stereocenters. The van der Waals surface area contributed by atoms with E-state index in [9.17, 15) is 4.79 Å². The van der Waals surface area contributed by atoms with Crippen molar-refractivity contribution in [2.45, 2.75) is 6.92 Å². The van der Waals surface area contributed by atoms with E-state index in [1.807, 2.05) is 31.2 Å². The molecule has 0 saturated heterocycles. The molecular weight excluding hydrogens is 307 g/mol. The Kier molecular flexibility index (Phi) is 5.26. The van der Waals surface area contributed by atoms with Gasteiger partial charge in [-0.1, -0.05) is 47.5 Å². The van der Waals surface area contributed by atoms with Gasteiger partial charge >= 0.3 is 6.03 Å². The van der Waals surface area contributed by atoms with Crippen molar-refractivity contribution in [3.63, 3.8) is 0 Å². The number of hydrogen-bond acceptors (Lipinski definition) is 1. The quantitative estimate of drug-likeness (QED) is 0.812. The van der Waals surface area contributed by atoms with Crippen molar-refractivity contribution < 1.29 is 4.79 Å². The average Bonchev–Trinajstić information content (AvgIpc) is 2.45. The van der Waals surface area contributed by atoms with Crippen LogP contribution in [-0.2, 0) is 0 Å². The lowest BCUT2D eigenvalue weighted by atomic mass is 10.2. The maximum absolute atomic E-state index is 11.8. The van der Waals surface area contributed by atoms with Gasteiger partial charge in [0.1, 0.15) is 0 Å². The number of rotatable bonds is 3. The summed E-state index contributed by atoms with van der Waals surface area (Å²) in [4.78, 5) is 11.8. The molecule has 21 heavy (non-hydrogen) atoms. The molecule has 0 radical (unpaired) electrons. The Morgan fingerprint density at radius 3 is 2.67 bits per heavy atom. The second kappa shape index (κ2) is 7.16. The van der Waals surface area contributed by atoms with Gasteiger partial charge in [-0.3, -0.25) is 0 Å². The number of halogens is 2. The number of amides is 2. The third kappa shape index (κ3) is 4.52. The van der Waals surface area contributed by atoms with Crippen LogP contribution in [0.25, 0.3) is 6.08 Å². The predicted molar refractivity (Wildman–Crippen MR) is 88.8 cm³/mol. The molecular formula is C16H14Cl2N2O. The first-order chi connectivity index (χ1) is 10.1. The van der Waals surface area contributed by atoms with E-state index in [0.29, 0.717) is 15.7 Å². The molecule has 3 nitrogen and oxygen atoms in total. The highest BCUT2D eigenvalue weighted by atomic mass is 35.5. The maximum Gasteiger partial charge on any atom is 0.323 e. The number of aryl methyl sites for hydroxylation is 1. The lowest BCUT2D eigenvalue weighted by Crippen LogP contribution is -2.24. The number of hydrogen-bond donors (Lipinski definition) is 2. The Morgan fingerprint density at radius 2 is 1.90 bits per heavy atom. The summed E-state index contributed by atoms with van der Waals surface area (Å²) in [6, 6.07) is 12.4. The highest BCUT2D eigenvalue weighted by Crippen LogP contribution is 2.20. The van der Waals surface area contributed by atoms with E-state index in [1.165, 1.54) is 6.20 Å². The van der Waals surface area contributed by atoms with Gasteiger partial charge in [0.05, 0.1) is 0 Å². The molecule has 0 bridgehead atoms. The van der Waals surface area contributed by atoms with Crippen molar-refractivity contribution in [1.29, 1.82) is 0 Å². The Labute approximate surface area is 133 Å². The first-order valence-corrected chi connectivity index (χ1v) is 7.06. The van der Waals surface area contributed by atoms with Crippen molar-refractivity contribution >= 4 is 41.0 Å². The summed E-state index contributed by atoms with van der Waals surface area (Å²) in [6.07, 6.45) is 3.27. The van der Waals surface area contributed by atoms with Crippen molar-refractivity contribution in [2.24, 2.45) is 0 Å². The molecule has 0 unspecified atom stereocenters. The van der Waals surface area contributed by atoms with Crippen LogP contribution in [0.3, 0.4) is 0 Å². The third-order valence-electron chi connectivity index (χ3n) is 2.83. The van der Waals surface area contributed by atoms with Crippen LogP contribution in [0.5, 0.6) is 0 Å². The third-order valence-corrected chi connectivity index (χ3v) is 3.41. The minimum atomic E-state index is -0.344. The maximum atomic E-state index is 11.8. The van der Waals surface area contributed by atoms with E-state index >= 15 is 0 Å². The topological polar surface area (TPSA) is 41.1 Å².